The standard InChI is InChI=1S/C13H19NO2/c1-9-11-8-10(15-5)6-7-12(11)14(16-9)13(2,3)4/h6-9H,1-5H3. The van der Waals surface area contributed by atoms with Crippen molar-refractivity contribution in [2.75, 3.05) is 12.2 Å². The highest BCUT2D eigenvalue weighted by Crippen LogP contribution is 2.42. The lowest BCUT2D eigenvalue weighted by Gasteiger charge is -2.32. The van der Waals surface area contributed by atoms with Gasteiger partial charge in [-0.05, 0) is 45.9 Å². The van der Waals surface area contributed by atoms with Gasteiger partial charge in [-0.25, -0.2) is 5.06 Å². The second-order valence-electron chi connectivity index (χ2n) is 5.14. The van der Waals surface area contributed by atoms with E-state index in [1.807, 2.05) is 17.2 Å². The molecule has 3 heteroatoms. The van der Waals surface area contributed by atoms with E-state index in [1.165, 1.54) is 5.56 Å². The minimum Gasteiger partial charge on any atom is -0.497 e. The maximum absolute atomic E-state index is 5.87. The van der Waals surface area contributed by atoms with Crippen molar-refractivity contribution in [3.05, 3.63) is 23.8 Å². The normalized spacial score (nSPS) is 19.8. The van der Waals surface area contributed by atoms with Crippen LogP contribution in [-0.2, 0) is 4.84 Å². The molecular formula is C13H19NO2. The van der Waals surface area contributed by atoms with Gasteiger partial charge in [0.05, 0.1) is 18.3 Å². The van der Waals surface area contributed by atoms with Crippen LogP contribution in [0, 0.1) is 0 Å². The molecule has 1 atom stereocenters. The number of benzene rings is 1. The van der Waals surface area contributed by atoms with Gasteiger partial charge < -0.3 is 4.74 Å². The number of methoxy groups -OCH3 is 1. The summed E-state index contributed by atoms with van der Waals surface area (Å²) in [5, 5.41) is 1.98. The van der Waals surface area contributed by atoms with Crippen LogP contribution in [0.2, 0.25) is 0 Å². The van der Waals surface area contributed by atoms with Crippen LogP contribution < -0.4 is 9.80 Å². The number of anilines is 1. The number of hydroxylamine groups is 1. The number of nitrogens with zero attached hydrogens (tertiary/aromatic N) is 1. The Hall–Kier alpha value is -1.22. The maximum atomic E-state index is 5.87. The molecule has 1 aromatic carbocycles. The molecule has 0 N–H and O–H groups in total. The SMILES string of the molecule is COc1ccc2c(c1)C(C)ON2C(C)(C)C. The second kappa shape index (κ2) is 3.67. The van der Waals surface area contributed by atoms with Crippen molar-refractivity contribution < 1.29 is 9.57 Å². The minimum atomic E-state index is -0.0336. The third-order valence-electron chi connectivity index (χ3n) is 2.76. The molecule has 3 nitrogen and oxygen atoms in total. The predicted octanol–water partition coefficient (Wildman–Crippen LogP) is 3.31. The molecule has 0 saturated heterocycles. The zero-order valence-electron chi connectivity index (χ0n) is 10.6. The fourth-order valence-electron chi connectivity index (χ4n) is 1.96. The molecule has 1 heterocycles. The Kier molecular flexibility index (Phi) is 2.58. The first kappa shape index (κ1) is 11.3. The van der Waals surface area contributed by atoms with Gasteiger partial charge in [0.15, 0.2) is 0 Å². The van der Waals surface area contributed by atoms with E-state index < -0.39 is 0 Å². The second-order valence-corrected chi connectivity index (χ2v) is 5.14. The molecule has 0 saturated carbocycles. The Balaban J connectivity index is 2.44. The summed E-state index contributed by atoms with van der Waals surface area (Å²) >= 11 is 0. The molecule has 0 aliphatic carbocycles. The lowest BCUT2D eigenvalue weighted by molar-refractivity contribution is 0.0326. The summed E-state index contributed by atoms with van der Waals surface area (Å²) in [6, 6.07) is 6.08. The lowest BCUT2D eigenvalue weighted by Crippen LogP contribution is -2.39. The highest BCUT2D eigenvalue weighted by atomic mass is 16.7. The monoisotopic (exact) mass is 221 g/mol. The molecule has 1 aromatic rings. The van der Waals surface area contributed by atoms with Crippen molar-refractivity contribution in [2.24, 2.45) is 0 Å². The molecular weight excluding hydrogens is 202 g/mol. The summed E-state index contributed by atoms with van der Waals surface area (Å²) in [6.45, 7) is 8.47. The molecule has 0 aromatic heterocycles. The van der Waals surface area contributed by atoms with E-state index in [4.69, 9.17) is 9.57 Å². The maximum Gasteiger partial charge on any atom is 0.119 e. The topological polar surface area (TPSA) is 21.7 Å². The predicted molar refractivity (Wildman–Crippen MR) is 64.7 cm³/mol. The Bertz CT molecular complexity index is 395. The summed E-state index contributed by atoms with van der Waals surface area (Å²) in [5.74, 6) is 0.880. The first-order valence-corrected chi connectivity index (χ1v) is 5.58. The van der Waals surface area contributed by atoms with E-state index in [2.05, 4.69) is 33.8 Å². The van der Waals surface area contributed by atoms with E-state index in [0.717, 1.165) is 11.4 Å². The fourth-order valence-corrected chi connectivity index (χ4v) is 1.96. The molecule has 0 amide bonds. The van der Waals surface area contributed by atoms with Crippen LogP contribution in [0.15, 0.2) is 18.2 Å². The average molecular weight is 221 g/mol. The Labute approximate surface area is 96.9 Å². The summed E-state index contributed by atoms with van der Waals surface area (Å²) in [6.07, 6.45) is 0.0873. The molecule has 1 unspecified atom stereocenters. The number of hydrogen-bond donors (Lipinski definition) is 0. The quantitative estimate of drug-likeness (QED) is 0.726. The van der Waals surface area contributed by atoms with Gasteiger partial charge in [0, 0.05) is 5.56 Å². The first-order valence-electron chi connectivity index (χ1n) is 5.58. The third-order valence-corrected chi connectivity index (χ3v) is 2.76. The zero-order valence-corrected chi connectivity index (χ0v) is 10.6. The van der Waals surface area contributed by atoms with Gasteiger partial charge in [0.1, 0.15) is 11.9 Å². The van der Waals surface area contributed by atoms with Crippen LogP contribution in [-0.4, -0.2) is 12.6 Å². The van der Waals surface area contributed by atoms with Crippen molar-refractivity contribution in [1.82, 2.24) is 0 Å². The van der Waals surface area contributed by atoms with Gasteiger partial charge >= 0.3 is 0 Å². The van der Waals surface area contributed by atoms with Gasteiger partial charge in [0.2, 0.25) is 0 Å². The van der Waals surface area contributed by atoms with Crippen LogP contribution in [0.1, 0.15) is 39.4 Å². The molecule has 0 bridgehead atoms. The van der Waals surface area contributed by atoms with Crippen molar-refractivity contribution in [3.8, 4) is 5.75 Å². The van der Waals surface area contributed by atoms with Crippen molar-refractivity contribution in [2.45, 2.75) is 39.3 Å². The van der Waals surface area contributed by atoms with Crippen molar-refractivity contribution in [1.29, 1.82) is 0 Å². The van der Waals surface area contributed by atoms with Crippen LogP contribution >= 0.6 is 0 Å². The highest BCUT2D eigenvalue weighted by Gasteiger charge is 2.34. The molecule has 0 fully saturated rings. The minimum absolute atomic E-state index is 0.0336. The van der Waals surface area contributed by atoms with Crippen LogP contribution in [0.5, 0.6) is 5.75 Å². The van der Waals surface area contributed by atoms with Crippen LogP contribution in [0.3, 0.4) is 0 Å². The number of rotatable bonds is 1. The van der Waals surface area contributed by atoms with Gasteiger partial charge in [-0.2, -0.15) is 0 Å². The fraction of sp³-hybridized carbons (Fsp3) is 0.538. The molecule has 0 spiro atoms. The van der Waals surface area contributed by atoms with Crippen molar-refractivity contribution in [3.63, 3.8) is 0 Å². The van der Waals surface area contributed by atoms with Crippen molar-refractivity contribution >= 4 is 5.69 Å². The smallest absolute Gasteiger partial charge is 0.119 e. The van der Waals surface area contributed by atoms with E-state index in [-0.39, 0.29) is 11.6 Å². The molecule has 1 aliphatic heterocycles. The van der Waals surface area contributed by atoms with E-state index in [1.54, 1.807) is 7.11 Å². The number of fused-ring (bicyclic) bond motifs is 1. The highest BCUT2D eigenvalue weighted by molar-refractivity contribution is 5.59. The number of hydrogen-bond acceptors (Lipinski definition) is 3. The third kappa shape index (κ3) is 1.76. The Morgan fingerprint density at radius 2 is 2.00 bits per heavy atom. The average Bonchev–Trinajstić information content (AvgIpc) is 2.55. The first-order chi connectivity index (χ1) is 7.43. The summed E-state index contributed by atoms with van der Waals surface area (Å²) in [7, 11) is 1.68. The molecule has 88 valence electrons. The molecule has 2 rings (SSSR count). The van der Waals surface area contributed by atoms with Crippen LogP contribution in [0.4, 0.5) is 5.69 Å². The number of ether oxygens (including phenoxy) is 1. The Morgan fingerprint density at radius 1 is 1.31 bits per heavy atom. The van der Waals surface area contributed by atoms with Gasteiger partial charge in [-0.3, -0.25) is 4.84 Å². The van der Waals surface area contributed by atoms with Crippen LogP contribution in [0.25, 0.3) is 0 Å². The molecule has 0 radical (unpaired) electrons. The lowest BCUT2D eigenvalue weighted by atomic mass is 10.0. The zero-order chi connectivity index (χ0) is 11.9. The Morgan fingerprint density at radius 3 is 2.56 bits per heavy atom. The van der Waals surface area contributed by atoms with E-state index in [0.29, 0.717) is 0 Å². The molecule has 1 aliphatic rings. The van der Waals surface area contributed by atoms with E-state index in [9.17, 15) is 0 Å². The summed E-state index contributed by atoms with van der Waals surface area (Å²) in [5.41, 5.74) is 2.30. The van der Waals surface area contributed by atoms with E-state index >= 15 is 0 Å². The summed E-state index contributed by atoms with van der Waals surface area (Å²) < 4.78 is 5.23. The van der Waals surface area contributed by atoms with Gasteiger partial charge in [-0.1, -0.05) is 0 Å². The van der Waals surface area contributed by atoms with Gasteiger partial charge in [0.25, 0.3) is 0 Å². The molecule has 16 heavy (non-hydrogen) atoms. The summed E-state index contributed by atoms with van der Waals surface area (Å²) in [4.78, 5) is 5.87. The van der Waals surface area contributed by atoms with Gasteiger partial charge in [-0.15, -0.1) is 0 Å². The largest absolute Gasteiger partial charge is 0.497 e.